The van der Waals surface area contributed by atoms with Crippen LogP contribution in [0.25, 0.3) is 0 Å². The smallest absolute Gasteiger partial charge is 0.169 e. The summed E-state index contributed by atoms with van der Waals surface area (Å²) in [6.45, 7) is 10.1. The van der Waals surface area contributed by atoms with E-state index in [4.69, 9.17) is 4.74 Å². The molecule has 0 aromatic carbocycles. The Hall–Kier alpha value is -0.630. The van der Waals surface area contributed by atoms with Crippen molar-refractivity contribution >= 4 is 5.78 Å². The molecule has 0 unspecified atom stereocenters. The number of carbonyl (C=O) groups excluding carboxylic acids is 1. The zero-order chi connectivity index (χ0) is 9.35. The maximum absolute atomic E-state index is 11.6. The Kier molecular flexibility index (Phi) is 2.38. The molecule has 1 atom stereocenters. The molecule has 1 heterocycles. The van der Waals surface area contributed by atoms with Gasteiger partial charge in [0.1, 0.15) is 6.10 Å². The van der Waals surface area contributed by atoms with Gasteiger partial charge in [0.15, 0.2) is 5.78 Å². The van der Waals surface area contributed by atoms with Crippen LogP contribution in [0.15, 0.2) is 12.2 Å². The second-order valence-corrected chi connectivity index (χ2v) is 4.21. The molecular weight excluding hydrogens is 152 g/mol. The molecule has 0 saturated carbocycles. The molecule has 1 aliphatic heterocycles. The van der Waals surface area contributed by atoms with E-state index < -0.39 is 0 Å². The van der Waals surface area contributed by atoms with Crippen LogP contribution in [-0.2, 0) is 9.53 Å². The summed E-state index contributed by atoms with van der Waals surface area (Å²) in [6.07, 6.45) is 0.430. The lowest BCUT2D eigenvalue weighted by Gasteiger charge is -2.12. The monoisotopic (exact) mass is 168 g/mol. The molecule has 0 bridgehead atoms. The highest BCUT2D eigenvalue weighted by molar-refractivity contribution is 5.90. The molecule has 0 radical (unpaired) electrons. The Morgan fingerprint density at radius 3 is 2.67 bits per heavy atom. The van der Waals surface area contributed by atoms with Gasteiger partial charge in [0, 0.05) is 11.8 Å². The Bertz CT molecular complexity index is 216. The highest BCUT2D eigenvalue weighted by Gasteiger charge is 2.41. The SMILES string of the molecule is C=C(C)C[C@H]1OCC(C)(C)C1=O. The lowest BCUT2D eigenvalue weighted by atomic mass is 9.87. The van der Waals surface area contributed by atoms with Crippen LogP contribution in [0.1, 0.15) is 27.2 Å². The van der Waals surface area contributed by atoms with Crippen molar-refractivity contribution in [1.29, 1.82) is 0 Å². The summed E-state index contributed by atoms with van der Waals surface area (Å²) in [5.74, 6) is 0.213. The first-order valence-corrected chi connectivity index (χ1v) is 4.24. The van der Waals surface area contributed by atoms with Crippen LogP contribution in [0.2, 0.25) is 0 Å². The highest BCUT2D eigenvalue weighted by Crippen LogP contribution is 2.30. The Labute approximate surface area is 73.6 Å². The molecule has 0 aromatic rings. The van der Waals surface area contributed by atoms with Gasteiger partial charge in [-0.25, -0.2) is 0 Å². The fourth-order valence-electron chi connectivity index (χ4n) is 1.36. The number of carbonyl (C=O) groups is 1. The van der Waals surface area contributed by atoms with E-state index in [-0.39, 0.29) is 17.3 Å². The summed E-state index contributed by atoms with van der Waals surface area (Å²) in [4.78, 5) is 11.6. The van der Waals surface area contributed by atoms with E-state index in [9.17, 15) is 4.79 Å². The van der Waals surface area contributed by atoms with Crippen LogP contribution in [0.3, 0.4) is 0 Å². The van der Waals surface area contributed by atoms with Crippen LogP contribution >= 0.6 is 0 Å². The maximum atomic E-state index is 11.6. The van der Waals surface area contributed by atoms with Crippen molar-refractivity contribution < 1.29 is 9.53 Å². The van der Waals surface area contributed by atoms with Gasteiger partial charge in [0.2, 0.25) is 0 Å². The standard InChI is InChI=1S/C10H16O2/c1-7(2)5-8-9(11)10(3,4)6-12-8/h8H,1,5-6H2,2-4H3/t8-/m1/s1. The van der Waals surface area contributed by atoms with Gasteiger partial charge < -0.3 is 4.74 Å². The first-order valence-electron chi connectivity index (χ1n) is 4.24. The molecule has 0 spiro atoms. The number of rotatable bonds is 2. The van der Waals surface area contributed by atoms with Crippen LogP contribution in [-0.4, -0.2) is 18.5 Å². The number of ketones is 1. The van der Waals surface area contributed by atoms with Gasteiger partial charge in [-0.2, -0.15) is 0 Å². The predicted octanol–water partition coefficient (Wildman–Crippen LogP) is 1.95. The Morgan fingerprint density at radius 2 is 2.33 bits per heavy atom. The van der Waals surface area contributed by atoms with E-state index in [1.807, 2.05) is 20.8 Å². The molecule has 2 nitrogen and oxygen atoms in total. The first-order chi connectivity index (χ1) is 5.43. The fraction of sp³-hybridized carbons (Fsp3) is 0.700. The van der Waals surface area contributed by atoms with Gasteiger partial charge in [0.05, 0.1) is 6.61 Å². The summed E-state index contributed by atoms with van der Waals surface area (Å²) in [5, 5.41) is 0. The zero-order valence-corrected chi connectivity index (χ0v) is 8.02. The Balaban J connectivity index is 2.62. The lowest BCUT2D eigenvalue weighted by molar-refractivity contribution is -0.126. The molecule has 0 N–H and O–H groups in total. The van der Waals surface area contributed by atoms with Crippen LogP contribution in [0.5, 0.6) is 0 Å². The molecule has 1 aliphatic rings. The van der Waals surface area contributed by atoms with Crippen LogP contribution in [0, 0.1) is 5.41 Å². The molecule has 12 heavy (non-hydrogen) atoms. The Morgan fingerprint density at radius 1 is 1.75 bits per heavy atom. The van der Waals surface area contributed by atoms with Gasteiger partial charge in [-0.1, -0.05) is 19.4 Å². The van der Waals surface area contributed by atoms with Gasteiger partial charge in [0.25, 0.3) is 0 Å². The van der Waals surface area contributed by atoms with Crippen LogP contribution in [0.4, 0.5) is 0 Å². The molecule has 2 heteroatoms. The van der Waals surface area contributed by atoms with Crippen molar-refractivity contribution in [3.8, 4) is 0 Å². The van der Waals surface area contributed by atoms with Crippen LogP contribution < -0.4 is 0 Å². The molecule has 1 fully saturated rings. The van der Waals surface area contributed by atoms with Gasteiger partial charge in [-0.05, 0) is 6.92 Å². The number of Topliss-reactive ketones (excluding diaryl/α,β-unsaturated/α-hetero) is 1. The summed E-state index contributed by atoms with van der Waals surface area (Å²) in [6, 6.07) is 0. The summed E-state index contributed by atoms with van der Waals surface area (Å²) in [5.41, 5.74) is 0.714. The third-order valence-corrected chi connectivity index (χ3v) is 2.14. The molecule has 0 aliphatic carbocycles. The van der Waals surface area contributed by atoms with E-state index in [0.29, 0.717) is 13.0 Å². The minimum atomic E-state index is -0.292. The number of hydrogen-bond acceptors (Lipinski definition) is 2. The summed E-state index contributed by atoms with van der Waals surface area (Å²) in [7, 11) is 0. The number of hydrogen-bond donors (Lipinski definition) is 0. The summed E-state index contributed by atoms with van der Waals surface area (Å²) < 4.78 is 5.38. The minimum absolute atomic E-state index is 0.213. The van der Waals surface area contributed by atoms with E-state index in [1.165, 1.54) is 0 Å². The first kappa shape index (κ1) is 9.46. The highest BCUT2D eigenvalue weighted by atomic mass is 16.5. The molecular formula is C10H16O2. The molecule has 0 aromatic heterocycles. The van der Waals surface area contributed by atoms with E-state index in [0.717, 1.165) is 5.57 Å². The normalized spacial score (nSPS) is 27.6. The van der Waals surface area contributed by atoms with Crippen molar-refractivity contribution in [2.75, 3.05) is 6.61 Å². The average molecular weight is 168 g/mol. The molecule has 68 valence electrons. The quantitative estimate of drug-likeness (QED) is 0.589. The van der Waals surface area contributed by atoms with Crippen molar-refractivity contribution in [2.24, 2.45) is 5.41 Å². The van der Waals surface area contributed by atoms with Crippen molar-refractivity contribution in [3.63, 3.8) is 0 Å². The number of ether oxygens (including phenoxy) is 1. The van der Waals surface area contributed by atoms with Gasteiger partial charge >= 0.3 is 0 Å². The van der Waals surface area contributed by atoms with Gasteiger partial charge in [-0.15, -0.1) is 6.58 Å². The van der Waals surface area contributed by atoms with Crippen molar-refractivity contribution in [2.45, 2.75) is 33.3 Å². The van der Waals surface area contributed by atoms with E-state index in [1.54, 1.807) is 0 Å². The largest absolute Gasteiger partial charge is 0.369 e. The average Bonchev–Trinajstić information content (AvgIpc) is 2.15. The van der Waals surface area contributed by atoms with Gasteiger partial charge in [-0.3, -0.25) is 4.79 Å². The molecule has 1 rings (SSSR count). The maximum Gasteiger partial charge on any atom is 0.169 e. The second-order valence-electron chi connectivity index (χ2n) is 4.21. The fourth-order valence-corrected chi connectivity index (χ4v) is 1.36. The van der Waals surface area contributed by atoms with E-state index >= 15 is 0 Å². The molecule has 0 amide bonds. The zero-order valence-electron chi connectivity index (χ0n) is 8.02. The third-order valence-electron chi connectivity index (χ3n) is 2.14. The summed E-state index contributed by atoms with van der Waals surface area (Å²) >= 11 is 0. The second kappa shape index (κ2) is 3.02. The van der Waals surface area contributed by atoms with E-state index in [2.05, 4.69) is 6.58 Å². The predicted molar refractivity (Wildman–Crippen MR) is 48.0 cm³/mol. The lowest BCUT2D eigenvalue weighted by Crippen LogP contribution is -2.26. The minimum Gasteiger partial charge on any atom is -0.369 e. The molecule has 1 saturated heterocycles. The van der Waals surface area contributed by atoms with Crippen molar-refractivity contribution in [1.82, 2.24) is 0 Å². The topological polar surface area (TPSA) is 26.3 Å². The third kappa shape index (κ3) is 1.75. The van der Waals surface area contributed by atoms with Crippen molar-refractivity contribution in [3.05, 3.63) is 12.2 Å².